The molecule has 0 saturated carbocycles. The second-order valence-electron chi connectivity index (χ2n) is 4.62. The van der Waals surface area contributed by atoms with E-state index in [0.29, 0.717) is 15.6 Å². The topological polar surface area (TPSA) is 47.6 Å². The summed E-state index contributed by atoms with van der Waals surface area (Å²) in [4.78, 5) is 0. The van der Waals surface area contributed by atoms with Gasteiger partial charge in [0.2, 0.25) is 0 Å². The summed E-state index contributed by atoms with van der Waals surface area (Å²) in [6.07, 6.45) is 0.226. The maximum absolute atomic E-state index is 9.61. The van der Waals surface area contributed by atoms with E-state index in [2.05, 4.69) is 12.1 Å². The average molecular weight is 315 g/mol. The number of hydrogen-bond acceptors (Lipinski definition) is 2. The van der Waals surface area contributed by atoms with Gasteiger partial charge in [0.1, 0.15) is 0 Å². The van der Waals surface area contributed by atoms with Crippen LogP contribution in [0.3, 0.4) is 0 Å². The SMILES string of the molecule is N#CC[C@H](c1ccccc1)[C@H](C#N)c1c(Cl)cccc1Cl. The Morgan fingerprint density at radius 2 is 1.52 bits per heavy atom. The highest BCUT2D eigenvalue weighted by atomic mass is 35.5. The van der Waals surface area contributed by atoms with Crippen molar-refractivity contribution in [3.05, 3.63) is 69.7 Å². The van der Waals surface area contributed by atoms with Gasteiger partial charge in [0.25, 0.3) is 0 Å². The van der Waals surface area contributed by atoms with Gasteiger partial charge in [0.15, 0.2) is 0 Å². The molecule has 2 aromatic rings. The smallest absolute Gasteiger partial charge is 0.0820 e. The summed E-state index contributed by atoms with van der Waals surface area (Å²) in [7, 11) is 0. The normalized spacial score (nSPS) is 13.0. The van der Waals surface area contributed by atoms with Crippen molar-refractivity contribution in [1.82, 2.24) is 0 Å². The zero-order valence-corrected chi connectivity index (χ0v) is 12.6. The van der Waals surface area contributed by atoms with Crippen molar-refractivity contribution in [2.24, 2.45) is 0 Å². The Balaban J connectivity index is 2.52. The standard InChI is InChI=1S/C17H12Cl2N2/c18-15-7-4-8-16(19)17(15)14(11-21)13(9-10-20)12-5-2-1-3-6-12/h1-8,13-14H,9H2/t13-,14+/m1/s1. The fourth-order valence-electron chi connectivity index (χ4n) is 2.39. The van der Waals surface area contributed by atoms with Crippen molar-refractivity contribution in [1.29, 1.82) is 10.5 Å². The highest BCUT2D eigenvalue weighted by Crippen LogP contribution is 2.41. The maximum atomic E-state index is 9.61. The molecular formula is C17H12Cl2N2. The lowest BCUT2D eigenvalue weighted by Crippen LogP contribution is -2.11. The zero-order valence-electron chi connectivity index (χ0n) is 11.1. The van der Waals surface area contributed by atoms with Gasteiger partial charge in [-0.05, 0) is 17.7 Å². The van der Waals surface area contributed by atoms with Crippen molar-refractivity contribution < 1.29 is 0 Å². The molecule has 0 aliphatic rings. The van der Waals surface area contributed by atoms with Crippen LogP contribution in [0.4, 0.5) is 0 Å². The minimum absolute atomic E-state index is 0.226. The van der Waals surface area contributed by atoms with E-state index in [4.69, 9.17) is 28.5 Å². The summed E-state index contributed by atoms with van der Waals surface area (Å²) in [6, 6.07) is 19.1. The van der Waals surface area contributed by atoms with E-state index in [-0.39, 0.29) is 12.3 Å². The Morgan fingerprint density at radius 3 is 2.05 bits per heavy atom. The second-order valence-corrected chi connectivity index (χ2v) is 5.44. The second kappa shape index (κ2) is 7.14. The first-order chi connectivity index (χ1) is 10.2. The molecule has 4 heteroatoms. The summed E-state index contributed by atoms with van der Waals surface area (Å²) in [6.45, 7) is 0. The molecule has 104 valence electrons. The molecule has 0 aliphatic heterocycles. The zero-order chi connectivity index (χ0) is 15.2. The van der Waals surface area contributed by atoms with Crippen LogP contribution < -0.4 is 0 Å². The molecule has 0 fully saturated rings. The van der Waals surface area contributed by atoms with Crippen LogP contribution >= 0.6 is 23.2 Å². The molecule has 0 bridgehead atoms. The van der Waals surface area contributed by atoms with Gasteiger partial charge in [-0.15, -0.1) is 0 Å². The van der Waals surface area contributed by atoms with Gasteiger partial charge in [-0.3, -0.25) is 0 Å². The predicted molar refractivity (Wildman–Crippen MR) is 84.2 cm³/mol. The molecule has 0 saturated heterocycles. The van der Waals surface area contributed by atoms with Crippen molar-refractivity contribution in [2.45, 2.75) is 18.3 Å². The Labute approximate surface area is 134 Å². The number of nitrogens with zero attached hydrogens (tertiary/aromatic N) is 2. The molecule has 0 heterocycles. The molecule has 0 amide bonds. The van der Waals surface area contributed by atoms with Crippen LogP contribution in [0, 0.1) is 22.7 Å². The molecular weight excluding hydrogens is 303 g/mol. The van der Waals surface area contributed by atoms with Gasteiger partial charge in [-0.25, -0.2) is 0 Å². The minimum atomic E-state index is -0.562. The van der Waals surface area contributed by atoms with E-state index < -0.39 is 5.92 Å². The summed E-state index contributed by atoms with van der Waals surface area (Å²) < 4.78 is 0. The molecule has 2 nitrogen and oxygen atoms in total. The van der Waals surface area contributed by atoms with E-state index in [0.717, 1.165) is 5.56 Å². The van der Waals surface area contributed by atoms with Crippen molar-refractivity contribution in [3.63, 3.8) is 0 Å². The van der Waals surface area contributed by atoms with Gasteiger partial charge in [0.05, 0.1) is 18.1 Å². The summed E-state index contributed by atoms with van der Waals surface area (Å²) in [5.74, 6) is -0.827. The van der Waals surface area contributed by atoms with Crippen molar-refractivity contribution >= 4 is 23.2 Å². The predicted octanol–water partition coefficient (Wildman–Crippen LogP) is 5.30. The largest absolute Gasteiger partial charge is 0.198 e. The molecule has 2 aromatic carbocycles. The average Bonchev–Trinajstić information content (AvgIpc) is 2.50. The summed E-state index contributed by atoms with van der Waals surface area (Å²) >= 11 is 12.4. The third-order valence-corrected chi connectivity index (χ3v) is 4.05. The van der Waals surface area contributed by atoms with Crippen LogP contribution in [0.1, 0.15) is 29.4 Å². The van der Waals surface area contributed by atoms with E-state index in [1.165, 1.54) is 0 Å². The van der Waals surface area contributed by atoms with Crippen LogP contribution in [-0.4, -0.2) is 0 Å². The van der Waals surface area contributed by atoms with Gasteiger partial charge >= 0.3 is 0 Å². The minimum Gasteiger partial charge on any atom is -0.198 e. The fraction of sp³-hybridized carbons (Fsp3) is 0.176. The van der Waals surface area contributed by atoms with Crippen LogP contribution in [0.2, 0.25) is 10.0 Å². The fourth-order valence-corrected chi connectivity index (χ4v) is 3.02. The van der Waals surface area contributed by atoms with E-state index in [9.17, 15) is 5.26 Å². The monoisotopic (exact) mass is 314 g/mol. The Hall–Kier alpha value is -2.00. The summed E-state index contributed by atoms with van der Waals surface area (Å²) in [5.41, 5.74) is 1.52. The molecule has 2 atom stereocenters. The number of halogens is 2. The molecule has 0 aromatic heterocycles. The van der Waals surface area contributed by atoms with Crippen LogP contribution in [0.25, 0.3) is 0 Å². The van der Waals surface area contributed by atoms with Gasteiger partial charge in [-0.1, -0.05) is 59.6 Å². The lowest BCUT2D eigenvalue weighted by Gasteiger charge is -2.22. The molecule has 0 spiro atoms. The molecule has 0 N–H and O–H groups in total. The molecule has 21 heavy (non-hydrogen) atoms. The van der Waals surface area contributed by atoms with Gasteiger partial charge in [-0.2, -0.15) is 10.5 Å². The van der Waals surface area contributed by atoms with Crippen LogP contribution in [-0.2, 0) is 0 Å². The number of hydrogen-bond donors (Lipinski definition) is 0. The maximum Gasteiger partial charge on any atom is 0.0820 e. The third kappa shape index (κ3) is 3.37. The molecule has 0 radical (unpaired) electrons. The highest BCUT2D eigenvalue weighted by molar-refractivity contribution is 6.36. The van der Waals surface area contributed by atoms with Gasteiger partial charge < -0.3 is 0 Å². The highest BCUT2D eigenvalue weighted by Gasteiger charge is 2.28. The lowest BCUT2D eigenvalue weighted by molar-refractivity contribution is 0.641. The van der Waals surface area contributed by atoms with Crippen LogP contribution in [0.5, 0.6) is 0 Å². The Kier molecular flexibility index (Phi) is 5.23. The number of benzene rings is 2. The number of rotatable bonds is 4. The van der Waals surface area contributed by atoms with Gasteiger partial charge in [0, 0.05) is 27.9 Å². The first-order valence-electron chi connectivity index (χ1n) is 6.44. The van der Waals surface area contributed by atoms with Crippen molar-refractivity contribution in [3.8, 4) is 12.1 Å². The lowest BCUT2D eigenvalue weighted by atomic mass is 9.80. The van der Waals surface area contributed by atoms with Crippen LogP contribution in [0.15, 0.2) is 48.5 Å². The molecule has 0 unspecified atom stereocenters. The molecule has 0 aliphatic carbocycles. The first kappa shape index (κ1) is 15.4. The Morgan fingerprint density at radius 1 is 0.905 bits per heavy atom. The number of nitriles is 2. The first-order valence-corrected chi connectivity index (χ1v) is 7.20. The van der Waals surface area contributed by atoms with E-state index in [1.807, 2.05) is 30.3 Å². The Bertz CT molecular complexity index is 679. The quantitative estimate of drug-likeness (QED) is 0.769. The molecule has 2 rings (SSSR count). The summed E-state index contributed by atoms with van der Waals surface area (Å²) in [5, 5.41) is 19.6. The van der Waals surface area contributed by atoms with E-state index in [1.54, 1.807) is 18.2 Å². The van der Waals surface area contributed by atoms with E-state index >= 15 is 0 Å². The van der Waals surface area contributed by atoms with Crippen molar-refractivity contribution in [2.75, 3.05) is 0 Å². The third-order valence-electron chi connectivity index (χ3n) is 3.39.